The smallest absolute Gasteiger partial charge is 0.254 e. The number of likely N-dealkylation sites (tertiary alicyclic amines) is 1. The van der Waals surface area contributed by atoms with Crippen LogP contribution in [0.1, 0.15) is 10.4 Å². The van der Waals surface area contributed by atoms with Crippen molar-refractivity contribution in [3.8, 4) is 0 Å². The Hall–Kier alpha value is -2.38. The molecule has 2 aromatic carbocycles. The van der Waals surface area contributed by atoms with Gasteiger partial charge in [-0.05, 0) is 36.4 Å². The van der Waals surface area contributed by atoms with Gasteiger partial charge >= 0.3 is 0 Å². The van der Waals surface area contributed by atoms with Gasteiger partial charge in [0.15, 0.2) is 11.6 Å². The van der Waals surface area contributed by atoms with E-state index in [9.17, 15) is 18.4 Å². The molecule has 2 aliphatic rings. The molecule has 0 bridgehead atoms. The summed E-state index contributed by atoms with van der Waals surface area (Å²) < 4.78 is 26.4. The Labute approximate surface area is 182 Å². The summed E-state index contributed by atoms with van der Waals surface area (Å²) in [5.41, 5.74) is 1.04. The molecule has 9 heteroatoms. The Morgan fingerprint density at radius 1 is 0.833 bits per heavy atom. The Bertz CT molecular complexity index is 990. The zero-order valence-electron chi connectivity index (χ0n) is 16.0. The van der Waals surface area contributed by atoms with Gasteiger partial charge in [-0.2, -0.15) is 0 Å². The molecule has 158 valence electrons. The molecule has 2 aromatic rings. The lowest BCUT2D eigenvalue weighted by molar-refractivity contribution is -0.140. The van der Waals surface area contributed by atoms with Gasteiger partial charge in [0.25, 0.3) is 5.91 Å². The van der Waals surface area contributed by atoms with Crippen molar-refractivity contribution in [1.82, 2.24) is 9.80 Å². The fourth-order valence-corrected chi connectivity index (χ4v) is 4.03. The molecule has 0 N–H and O–H groups in total. The first kappa shape index (κ1) is 20.9. The average Bonchev–Trinajstić information content (AvgIpc) is 2.71. The van der Waals surface area contributed by atoms with Gasteiger partial charge < -0.3 is 14.7 Å². The molecule has 2 saturated heterocycles. The number of piperazine rings is 1. The number of benzene rings is 2. The Kier molecular flexibility index (Phi) is 5.84. The number of halogens is 4. The molecule has 0 atom stereocenters. The van der Waals surface area contributed by atoms with Gasteiger partial charge in [-0.25, -0.2) is 8.78 Å². The largest absolute Gasteiger partial charge is 0.368 e. The summed E-state index contributed by atoms with van der Waals surface area (Å²) >= 11 is 12.0. The SMILES string of the molecule is O=C(c1ccc(F)c(F)c1)N1CC(C(=O)N2CCN(c3ccc(Cl)c(Cl)c3)CC2)C1. The molecule has 2 aliphatic heterocycles. The van der Waals surface area contributed by atoms with Crippen LogP contribution in [0.2, 0.25) is 10.0 Å². The second kappa shape index (κ2) is 8.40. The second-order valence-corrected chi connectivity index (χ2v) is 8.26. The summed E-state index contributed by atoms with van der Waals surface area (Å²) in [5.74, 6) is -2.71. The molecule has 0 aromatic heterocycles. The van der Waals surface area contributed by atoms with Crippen molar-refractivity contribution < 1.29 is 18.4 Å². The van der Waals surface area contributed by atoms with Gasteiger partial charge in [0, 0.05) is 50.5 Å². The van der Waals surface area contributed by atoms with E-state index in [1.54, 1.807) is 11.0 Å². The van der Waals surface area contributed by atoms with Crippen LogP contribution >= 0.6 is 23.2 Å². The molecule has 0 radical (unpaired) electrons. The first-order valence-corrected chi connectivity index (χ1v) is 10.3. The molecule has 4 rings (SSSR count). The summed E-state index contributed by atoms with van der Waals surface area (Å²) in [6, 6.07) is 8.53. The van der Waals surface area contributed by atoms with E-state index in [1.807, 2.05) is 12.1 Å². The van der Waals surface area contributed by atoms with Gasteiger partial charge in [-0.1, -0.05) is 23.2 Å². The fraction of sp³-hybridized carbons (Fsp3) is 0.333. The third-order valence-electron chi connectivity index (χ3n) is 5.54. The van der Waals surface area contributed by atoms with Crippen LogP contribution in [0.4, 0.5) is 14.5 Å². The third kappa shape index (κ3) is 4.09. The van der Waals surface area contributed by atoms with Crippen molar-refractivity contribution in [3.63, 3.8) is 0 Å². The molecule has 0 saturated carbocycles. The highest BCUT2D eigenvalue weighted by atomic mass is 35.5. The summed E-state index contributed by atoms with van der Waals surface area (Å²) in [4.78, 5) is 30.5. The Balaban J connectivity index is 1.29. The molecule has 30 heavy (non-hydrogen) atoms. The van der Waals surface area contributed by atoms with Crippen molar-refractivity contribution in [1.29, 1.82) is 0 Å². The third-order valence-corrected chi connectivity index (χ3v) is 6.28. The van der Waals surface area contributed by atoms with Crippen LogP contribution in [0, 0.1) is 17.6 Å². The summed E-state index contributed by atoms with van der Waals surface area (Å²) in [5, 5.41) is 0.995. The topological polar surface area (TPSA) is 43.9 Å². The molecule has 2 amide bonds. The van der Waals surface area contributed by atoms with Crippen molar-refractivity contribution in [2.24, 2.45) is 5.92 Å². The molecule has 2 fully saturated rings. The zero-order chi connectivity index (χ0) is 21.4. The zero-order valence-corrected chi connectivity index (χ0v) is 17.5. The van der Waals surface area contributed by atoms with E-state index in [2.05, 4.69) is 4.90 Å². The molecule has 5 nitrogen and oxygen atoms in total. The van der Waals surface area contributed by atoms with Crippen LogP contribution in [-0.4, -0.2) is 60.9 Å². The first-order chi connectivity index (χ1) is 14.3. The maximum Gasteiger partial charge on any atom is 0.254 e. The number of rotatable bonds is 3. The van der Waals surface area contributed by atoms with Crippen LogP contribution in [0.15, 0.2) is 36.4 Å². The minimum Gasteiger partial charge on any atom is -0.368 e. The molecule has 0 spiro atoms. The van der Waals surface area contributed by atoms with Gasteiger partial charge in [0.1, 0.15) is 0 Å². The van der Waals surface area contributed by atoms with Gasteiger partial charge in [0.05, 0.1) is 16.0 Å². The summed E-state index contributed by atoms with van der Waals surface area (Å²) in [6.45, 7) is 3.06. The number of hydrogen-bond acceptors (Lipinski definition) is 3. The lowest BCUT2D eigenvalue weighted by Crippen LogP contribution is -2.59. The summed E-state index contributed by atoms with van der Waals surface area (Å²) in [6.07, 6.45) is 0. The first-order valence-electron chi connectivity index (χ1n) is 9.56. The second-order valence-electron chi connectivity index (χ2n) is 7.45. The van der Waals surface area contributed by atoms with E-state index in [4.69, 9.17) is 23.2 Å². The quantitative estimate of drug-likeness (QED) is 0.711. The van der Waals surface area contributed by atoms with Crippen molar-refractivity contribution >= 4 is 40.7 Å². The highest BCUT2D eigenvalue weighted by molar-refractivity contribution is 6.42. The van der Waals surface area contributed by atoms with E-state index in [0.29, 0.717) is 36.2 Å². The summed E-state index contributed by atoms with van der Waals surface area (Å²) in [7, 11) is 0. The standard InChI is InChI=1S/C21H19Cl2F2N3O2/c22-16-3-2-15(10-17(16)23)26-5-7-27(8-6-26)21(30)14-11-28(12-14)20(29)13-1-4-18(24)19(25)9-13/h1-4,9-10,14H,5-8,11-12H2. The van der Waals surface area contributed by atoms with Crippen LogP contribution in [0.3, 0.4) is 0 Å². The molecule has 0 unspecified atom stereocenters. The lowest BCUT2D eigenvalue weighted by Gasteiger charge is -2.43. The van der Waals surface area contributed by atoms with E-state index in [-0.39, 0.29) is 30.5 Å². The number of anilines is 1. The van der Waals surface area contributed by atoms with Crippen molar-refractivity contribution in [2.45, 2.75) is 0 Å². The Morgan fingerprint density at radius 2 is 1.53 bits per heavy atom. The molecule has 0 aliphatic carbocycles. The number of hydrogen-bond donors (Lipinski definition) is 0. The lowest BCUT2D eigenvalue weighted by atomic mass is 9.96. The van der Waals surface area contributed by atoms with Crippen LogP contribution in [0.5, 0.6) is 0 Å². The van der Waals surface area contributed by atoms with Crippen LogP contribution in [-0.2, 0) is 4.79 Å². The van der Waals surface area contributed by atoms with Crippen LogP contribution in [0.25, 0.3) is 0 Å². The van der Waals surface area contributed by atoms with Gasteiger partial charge in [-0.3, -0.25) is 9.59 Å². The Morgan fingerprint density at radius 3 is 2.17 bits per heavy atom. The minimum atomic E-state index is -1.06. The number of amides is 2. The predicted octanol–water partition coefficient (Wildman–Crippen LogP) is 3.69. The van der Waals surface area contributed by atoms with Gasteiger partial charge in [0.2, 0.25) is 5.91 Å². The highest BCUT2D eigenvalue weighted by Gasteiger charge is 2.39. The van der Waals surface area contributed by atoms with E-state index in [0.717, 1.165) is 17.8 Å². The average molecular weight is 454 g/mol. The van der Waals surface area contributed by atoms with Crippen molar-refractivity contribution in [2.75, 3.05) is 44.2 Å². The maximum absolute atomic E-state index is 13.3. The van der Waals surface area contributed by atoms with Crippen LogP contribution < -0.4 is 4.90 Å². The van der Waals surface area contributed by atoms with E-state index < -0.39 is 17.5 Å². The molecular formula is C21H19Cl2F2N3O2. The monoisotopic (exact) mass is 453 g/mol. The van der Waals surface area contributed by atoms with Gasteiger partial charge in [-0.15, -0.1) is 0 Å². The number of carbonyl (C=O) groups excluding carboxylic acids is 2. The molecular weight excluding hydrogens is 435 g/mol. The highest BCUT2D eigenvalue weighted by Crippen LogP contribution is 2.28. The number of nitrogens with zero attached hydrogens (tertiary/aromatic N) is 3. The van der Waals surface area contributed by atoms with Crippen molar-refractivity contribution in [3.05, 3.63) is 63.6 Å². The van der Waals surface area contributed by atoms with E-state index >= 15 is 0 Å². The normalized spacial score (nSPS) is 17.1. The number of carbonyl (C=O) groups is 2. The van der Waals surface area contributed by atoms with E-state index in [1.165, 1.54) is 11.0 Å². The molecule has 2 heterocycles. The fourth-order valence-electron chi connectivity index (χ4n) is 3.74. The maximum atomic E-state index is 13.3. The predicted molar refractivity (Wildman–Crippen MR) is 111 cm³/mol. The minimum absolute atomic E-state index is 0.0122.